The molecule has 2 rings (SSSR count). The minimum Gasteiger partial charge on any atom is -0.497 e. The van der Waals surface area contributed by atoms with E-state index in [0.717, 1.165) is 19.3 Å². The average molecular weight is 327 g/mol. The molecule has 1 atom stereocenters. The molecule has 0 aliphatic carbocycles. The molecule has 1 aromatic carbocycles. The van der Waals surface area contributed by atoms with Crippen molar-refractivity contribution in [1.29, 1.82) is 0 Å². The van der Waals surface area contributed by atoms with Crippen LogP contribution in [0, 0.1) is 5.41 Å². The summed E-state index contributed by atoms with van der Waals surface area (Å²) in [5.41, 5.74) is -0.245. The Labute approximate surface area is 133 Å². The van der Waals surface area contributed by atoms with E-state index in [-0.39, 0.29) is 16.9 Å². The molecule has 1 aromatic rings. The summed E-state index contributed by atoms with van der Waals surface area (Å²) in [5, 5.41) is 9.79. The van der Waals surface area contributed by atoms with Gasteiger partial charge >= 0.3 is 0 Å². The van der Waals surface area contributed by atoms with Crippen LogP contribution >= 0.6 is 0 Å². The highest BCUT2D eigenvalue weighted by Gasteiger charge is 2.41. The lowest BCUT2D eigenvalue weighted by molar-refractivity contribution is 0.0975. The zero-order chi connectivity index (χ0) is 16.4. The number of benzene rings is 1. The van der Waals surface area contributed by atoms with Crippen LogP contribution < -0.4 is 4.74 Å². The summed E-state index contributed by atoms with van der Waals surface area (Å²) in [5.74, 6) is 0.619. The first kappa shape index (κ1) is 17.2. The Kier molecular flexibility index (Phi) is 5.14. The van der Waals surface area contributed by atoms with E-state index in [2.05, 4.69) is 0 Å². The normalized spacial score (nSPS) is 23.0. The largest absolute Gasteiger partial charge is 0.497 e. The molecule has 0 amide bonds. The van der Waals surface area contributed by atoms with Crippen molar-refractivity contribution in [3.8, 4) is 5.75 Å². The minimum absolute atomic E-state index is 0.164. The van der Waals surface area contributed by atoms with E-state index in [9.17, 15) is 13.5 Å². The van der Waals surface area contributed by atoms with Gasteiger partial charge in [0.05, 0.1) is 24.7 Å². The van der Waals surface area contributed by atoms with Gasteiger partial charge in [-0.25, -0.2) is 8.42 Å². The van der Waals surface area contributed by atoms with Crippen LogP contribution in [0.4, 0.5) is 0 Å². The minimum atomic E-state index is -3.62. The number of rotatable bonds is 4. The molecule has 0 spiro atoms. The number of nitrogens with zero attached hydrogens (tertiary/aromatic N) is 1. The van der Waals surface area contributed by atoms with Gasteiger partial charge in [-0.05, 0) is 42.5 Å². The number of methoxy groups -OCH3 is 1. The summed E-state index contributed by atoms with van der Waals surface area (Å²) < 4.78 is 32.5. The zero-order valence-corrected chi connectivity index (χ0v) is 14.3. The molecule has 5 nitrogen and oxygen atoms in total. The Bertz CT molecular complexity index is 595. The van der Waals surface area contributed by atoms with Crippen LogP contribution in [0.15, 0.2) is 29.2 Å². The van der Waals surface area contributed by atoms with Gasteiger partial charge in [0.25, 0.3) is 0 Å². The molecule has 1 fully saturated rings. The Balaban J connectivity index is 2.40. The van der Waals surface area contributed by atoms with E-state index >= 15 is 0 Å². The molecular formula is C16H25NO4S. The third kappa shape index (κ3) is 3.29. The van der Waals surface area contributed by atoms with Crippen molar-refractivity contribution in [1.82, 2.24) is 4.31 Å². The summed E-state index contributed by atoms with van der Waals surface area (Å²) in [7, 11) is -2.08. The molecule has 1 N–H and O–H groups in total. The van der Waals surface area contributed by atoms with Crippen molar-refractivity contribution in [2.75, 3.05) is 20.3 Å². The molecule has 0 bridgehead atoms. The van der Waals surface area contributed by atoms with Crippen LogP contribution in [0.2, 0.25) is 0 Å². The number of aliphatic hydroxyl groups is 1. The zero-order valence-electron chi connectivity index (χ0n) is 13.4. The summed E-state index contributed by atoms with van der Waals surface area (Å²) in [6.07, 6.45) is 2.69. The van der Waals surface area contributed by atoms with Crippen LogP contribution in [-0.2, 0) is 10.0 Å². The monoisotopic (exact) mass is 327 g/mol. The number of hydrogen-bond donors (Lipinski definition) is 1. The van der Waals surface area contributed by atoms with Gasteiger partial charge in [-0.15, -0.1) is 0 Å². The molecule has 1 heterocycles. The van der Waals surface area contributed by atoms with Crippen molar-refractivity contribution in [2.24, 2.45) is 5.41 Å². The Hall–Kier alpha value is -1.11. The van der Waals surface area contributed by atoms with E-state index in [1.165, 1.54) is 4.31 Å². The number of ether oxygens (including phenoxy) is 1. The lowest BCUT2D eigenvalue weighted by Crippen LogP contribution is -2.49. The third-order valence-electron chi connectivity index (χ3n) is 4.54. The molecule has 0 unspecified atom stereocenters. The van der Waals surface area contributed by atoms with E-state index in [4.69, 9.17) is 4.74 Å². The Morgan fingerprint density at radius 1 is 1.27 bits per heavy atom. The number of aliphatic hydroxyl groups excluding tert-OH is 1. The second-order valence-corrected chi connectivity index (χ2v) is 8.33. The second kappa shape index (κ2) is 6.56. The van der Waals surface area contributed by atoms with Crippen molar-refractivity contribution >= 4 is 10.0 Å². The predicted octanol–water partition coefficient (Wildman–Crippen LogP) is 2.26. The number of hydrogen-bond acceptors (Lipinski definition) is 4. The topological polar surface area (TPSA) is 66.8 Å². The van der Waals surface area contributed by atoms with Gasteiger partial charge in [-0.2, -0.15) is 4.31 Å². The quantitative estimate of drug-likeness (QED) is 0.921. The van der Waals surface area contributed by atoms with E-state index in [1.54, 1.807) is 31.4 Å². The summed E-state index contributed by atoms with van der Waals surface area (Å²) in [4.78, 5) is 0.240. The summed E-state index contributed by atoms with van der Waals surface area (Å²) in [6, 6.07) is 6.00. The molecule has 1 saturated heterocycles. The molecule has 1 aliphatic heterocycles. The van der Waals surface area contributed by atoms with Gasteiger partial charge in [0.1, 0.15) is 5.75 Å². The SMILES string of the molecule is COc1ccc(S(=O)(=O)N2CCCCC(C)(C)[C@@H]2CO)cc1. The average Bonchev–Trinajstić information content (AvgIpc) is 2.65. The maximum atomic E-state index is 13.0. The standard InChI is InChI=1S/C16H25NO4S/c1-16(2)10-4-5-11-17(15(16)12-18)22(19,20)14-8-6-13(21-3)7-9-14/h6-9,15,18H,4-5,10-12H2,1-3H3/t15-/m0/s1. The van der Waals surface area contributed by atoms with Gasteiger partial charge in [0.15, 0.2) is 0 Å². The highest BCUT2D eigenvalue weighted by molar-refractivity contribution is 7.89. The molecule has 0 saturated carbocycles. The Morgan fingerprint density at radius 3 is 2.45 bits per heavy atom. The van der Waals surface area contributed by atoms with Crippen LogP contribution in [0.5, 0.6) is 5.75 Å². The van der Waals surface area contributed by atoms with E-state index in [1.807, 2.05) is 13.8 Å². The van der Waals surface area contributed by atoms with Gasteiger partial charge in [-0.3, -0.25) is 0 Å². The lowest BCUT2D eigenvalue weighted by atomic mass is 9.81. The van der Waals surface area contributed by atoms with Gasteiger partial charge < -0.3 is 9.84 Å². The van der Waals surface area contributed by atoms with Crippen molar-refractivity contribution in [2.45, 2.75) is 44.0 Å². The molecule has 22 heavy (non-hydrogen) atoms. The highest BCUT2D eigenvalue weighted by atomic mass is 32.2. The molecule has 1 aliphatic rings. The Morgan fingerprint density at radius 2 is 1.91 bits per heavy atom. The fourth-order valence-electron chi connectivity index (χ4n) is 3.07. The maximum absolute atomic E-state index is 13.0. The molecule has 124 valence electrons. The van der Waals surface area contributed by atoms with Crippen LogP contribution in [0.25, 0.3) is 0 Å². The summed E-state index contributed by atoms with van der Waals surface area (Å²) >= 11 is 0. The van der Waals surface area contributed by atoms with E-state index in [0.29, 0.717) is 12.3 Å². The molecule has 6 heteroatoms. The van der Waals surface area contributed by atoms with Crippen LogP contribution in [-0.4, -0.2) is 44.1 Å². The van der Waals surface area contributed by atoms with Gasteiger partial charge in [0.2, 0.25) is 10.0 Å². The molecular weight excluding hydrogens is 302 g/mol. The lowest BCUT2D eigenvalue weighted by Gasteiger charge is -2.38. The third-order valence-corrected chi connectivity index (χ3v) is 6.46. The first-order valence-corrected chi connectivity index (χ1v) is 9.03. The van der Waals surface area contributed by atoms with Crippen LogP contribution in [0.1, 0.15) is 33.1 Å². The smallest absolute Gasteiger partial charge is 0.243 e. The second-order valence-electron chi connectivity index (χ2n) is 6.44. The van der Waals surface area contributed by atoms with Gasteiger partial charge in [-0.1, -0.05) is 20.3 Å². The van der Waals surface area contributed by atoms with Crippen molar-refractivity contribution in [3.63, 3.8) is 0 Å². The summed E-state index contributed by atoms with van der Waals surface area (Å²) in [6.45, 7) is 4.33. The van der Waals surface area contributed by atoms with Gasteiger partial charge in [0, 0.05) is 6.54 Å². The first-order chi connectivity index (χ1) is 10.3. The van der Waals surface area contributed by atoms with Crippen molar-refractivity contribution in [3.05, 3.63) is 24.3 Å². The predicted molar refractivity (Wildman–Crippen MR) is 85.4 cm³/mol. The van der Waals surface area contributed by atoms with E-state index < -0.39 is 16.1 Å². The van der Waals surface area contributed by atoms with Crippen molar-refractivity contribution < 1.29 is 18.3 Å². The fraction of sp³-hybridized carbons (Fsp3) is 0.625. The maximum Gasteiger partial charge on any atom is 0.243 e. The number of sulfonamides is 1. The molecule has 0 aromatic heterocycles. The molecule has 0 radical (unpaired) electrons. The first-order valence-electron chi connectivity index (χ1n) is 7.59. The highest BCUT2D eigenvalue weighted by Crippen LogP contribution is 2.37. The van der Waals surface area contributed by atoms with Crippen LogP contribution in [0.3, 0.4) is 0 Å². The fourth-order valence-corrected chi connectivity index (χ4v) is 4.88.